The molecule has 1 aromatic heterocycles. The summed E-state index contributed by atoms with van der Waals surface area (Å²) in [6.07, 6.45) is 4.44. The number of benzene rings is 1. The molecule has 0 aliphatic rings. The molecule has 20 heavy (non-hydrogen) atoms. The monoisotopic (exact) mass is 288 g/mol. The maximum absolute atomic E-state index is 6.24. The van der Waals surface area contributed by atoms with Crippen LogP contribution in [-0.2, 0) is 6.42 Å². The third-order valence-electron chi connectivity index (χ3n) is 3.37. The average Bonchev–Trinajstić information content (AvgIpc) is 2.46. The Morgan fingerprint density at radius 1 is 1.15 bits per heavy atom. The maximum atomic E-state index is 6.24. The normalized spacial score (nSPS) is 12.6. The first-order valence-corrected chi connectivity index (χ1v) is 7.41. The molecule has 1 atom stereocenters. The van der Waals surface area contributed by atoms with Crippen LogP contribution in [0, 0.1) is 0 Å². The summed E-state index contributed by atoms with van der Waals surface area (Å²) < 4.78 is 0. The van der Waals surface area contributed by atoms with Gasteiger partial charge in [0.15, 0.2) is 0 Å². The van der Waals surface area contributed by atoms with Crippen molar-refractivity contribution in [3.63, 3.8) is 0 Å². The molecule has 2 rings (SSSR count). The van der Waals surface area contributed by atoms with E-state index in [1.165, 1.54) is 5.56 Å². The van der Waals surface area contributed by atoms with Gasteiger partial charge in [0, 0.05) is 30.9 Å². The molecule has 0 spiro atoms. The first-order chi connectivity index (χ1) is 9.66. The van der Waals surface area contributed by atoms with E-state index in [1.807, 2.05) is 6.07 Å². The number of hydrogen-bond acceptors (Lipinski definition) is 2. The van der Waals surface area contributed by atoms with Gasteiger partial charge >= 0.3 is 0 Å². The minimum absolute atomic E-state index is 0.415. The van der Waals surface area contributed by atoms with Crippen molar-refractivity contribution in [2.24, 2.45) is 0 Å². The smallest absolute Gasteiger partial charge is 0.0621 e. The van der Waals surface area contributed by atoms with Crippen molar-refractivity contribution in [1.82, 2.24) is 10.3 Å². The first kappa shape index (κ1) is 15.0. The quantitative estimate of drug-likeness (QED) is 0.867. The minimum Gasteiger partial charge on any atom is -0.314 e. The number of halogens is 1. The van der Waals surface area contributed by atoms with Gasteiger partial charge in [-0.15, -0.1) is 0 Å². The summed E-state index contributed by atoms with van der Waals surface area (Å²) in [5.74, 6) is 0.415. The molecule has 0 fully saturated rings. The van der Waals surface area contributed by atoms with Crippen LogP contribution in [0.2, 0.25) is 5.02 Å². The molecule has 2 aromatic rings. The third-order valence-corrected chi connectivity index (χ3v) is 3.71. The molecular weight excluding hydrogens is 268 g/mol. The molecule has 1 N–H and O–H groups in total. The zero-order valence-electron chi connectivity index (χ0n) is 12.0. The second-order valence-electron chi connectivity index (χ2n) is 5.34. The standard InChI is InChI=1S/C17H21ClN2/c1-13(2)20-11-16(14-6-4-3-5-7-14)10-15-8-9-19-12-17(15)18/h3-9,12-13,16,20H,10-11H2,1-2H3. The number of pyridine rings is 1. The van der Waals surface area contributed by atoms with Crippen molar-refractivity contribution in [2.45, 2.75) is 32.2 Å². The summed E-state index contributed by atoms with van der Waals surface area (Å²) in [5, 5.41) is 4.27. The maximum Gasteiger partial charge on any atom is 0.0621 e. The Bertz CT molecular complexity index is 526. The van der Waals surface area contributed by atoms with Gasteiger partial charge in [-0.1, -0.05) is 55.8 Å². The first-order valence-electron chi connectivity index (χ1n) is 7.03. The van der Waals surface area contributed by atoms with Crippen LogP contribution in [0.4, 0.5) is 0 Å². The van der Waals surface area contributed by atoms with E-state index in [4.69, 9.17) is 11.6 Å². The fourth-order valence-electron chi connectivity index (χ4n) is 2.25. The van der Waals surface area contributed by atoms with Crippen LogP contribution in [0.3, 0.4) is 0 Å². The molecule has 1 aromatic carbocycles. The van der Waals surface area contributed by atoms with Crippen molar-refractivity contribution in [3.8, 4) is 0 Å². The molecule has 2 nitrogen and oxygen atoms in total. The highest BCUT2D eigenvalue weighted by atomic mass is 35.5. The Hall–Kier alpha value is -1.38. The van der Waals surface area contributed by atoms with Gasteiger partial charge in [0.2, 0.25) is 0 Å². The highest BCUT2D eigenvalue weighted by Gasteiger charge is 2.14. The van der Waals surface area contributed by atoms with E-state index >= 15 is 0 Å². The lowest BCUT2D eigenvalue weighted by Gasteiger charge is -2.20. The molecule has 0 saturated carbocycles. The average molecular weight is 289 g/mol. The third kappa shape index (κ3) is 4.32. The van der Waals surface area contributed by atoms with Crippen molar-refractivity contribution in [2.75, 3.05) is 6.54 Å². The molecule has 0 radical (unpaired) electrons. The summed E-state index contributed by atoms with van der Waals surface area (Å²) in [5.41, 5.74) is 2.50. The van der Waals surface area contributed by atoms with E-state index in [9.17, 15) is 0 Å². The van der Waals surface area contributed by atoms with Crippen molar-refractivity contribution < 1.29 is 0 Å². The summed E-state index contributed by atoms with van der Waals surface area (Å²) in [4.78, 5) is 4.05. The molecule has 0 bridgehead atoms. The highest BCUT2D eigenvalue weighted by Crippen LogP contribution is 2.24. The van der Waals surface area contributed by atoms with Gasteiger partial charge in [-0.25, -0.2) is 0 Å². The predicted octanol–water partition coefficient (Wildman–Crippen LogP) is 4.06. The Balaban J connectivity index is 2.16. The van der Waals surface area contributed by atoms with Crippen molar-refractivity contribution in [3.05, 3.63) is 64.9 Å². The Labute approximate surface area is 126 Å². The van der Waals surface area contributed by atoms with E-state index in [0.717, 1.165) is 23.6 Å². The van der Waals surface area contributed by atoms with Gasteiger partial charge in [0.25, 0.3) is 0 Å². The van der Waals surface area contributed by atoms with E-state index in [2.05, 4.69) is 54.5 Å². The molecular formula is C17H21ClN2. The van der Waals surface area contributed by atoms with Crippen molar-refractivity contribution >= 4 is 11.6 Å². The van der Waals surface area contributed by atoms with Crippen LogP contribution in [0.5, 0.6) is 0 Å². The summed E-state index contributed by atoms with van der Waals surface area (Å²) in [6, 6.07) is 13.1. The Kier molecular flexibility index (Phi) is 5.57. The minimum atomic E-state index is 0.415. The molecule has 1 unspecified atom stereocenters. The van der Waals surface area contributed by atoms with Gasteiger partial charge in [-0.2, -0.15) is 0 Å². The van der Waals surface area contributed by atoms with E-state index in [1.54, 1.807) is 12.4 Å². The van der Waals surface area contributed by atoms with Crippen LogP contribution in [0.15, 0.2) is 48.8 Å². The molecule has 1 heterocycles. The van der Waals surface area contributed by atoms with Crippen LogP contribution in [0.25, 0.3) is 0 Å². The van der Waals surface area contributed by atoms with Gasteiger partial charge in [-0.3, -0.25) is 4.98 Å². The molecule has 0 saturated heterocycles. The topological polar surface area (TPSA) is 24.9 Å². The summed E-state index contributed by atoms with van der Waals surface area (Å²) in [7, 11) is 0. The second kappa shape index (κ2) is 7.41. The van der Waals surface area contributed by atoms with Gasteiger partial charge in [-0.05, 0) is 23.6 Å². The van der Waals surface area contributed by atoms with Gasteiger partial charge in [0.1, 0.15) is 0 Å². The molecule has 0 amide bonds. The van der Waals surface area contributed by atoms with Crippen molar-refractivity contribution in [1.29, 1.82) is 0 Å². The fraction of sp³-hybridized carbons (Fsp3) is 0.353. The van der Waals surface area contributed by atoms with Crippen LogP contribution in [0.1, 0.15) is 30.9 Å². The molecule has 106 valence electrons. The summed E-state index contributed by atoms with van der Waals surface area (Å²) >= 11 is 6.24. The molecule has 0 aliphatic carbocycles. The lowest BCUT2D eigenvalue weighted by molar-refractivity contribution is 0.527. The zero-order valence-corrected chi connectivity index (χ0v) is 12.8. The number of rotatable bonds is 6. The van der Waals surface area contributed by atoms with E-state index < -0.39 is 0 Å². The van der Waals surface area contributed by atoms with Gasteiger partial charge < -0.3 is 5.32 Å². The lowest BCUT2D eigenvalue weighted by atomic mass is 9.92. The second-order valence-corrected chi connectivity index (χ2v) is 5.75. The van der Waals surface area contributed by atoms with Crippen LogP contribution in [-0.4, -0.2) is 17.6 Å². The SMILES string of the molecule is CC(C)NCC(Cc1ccncc1Cl)c1ccccc1. The summed E-state index contributed by atoms with van der Waals surface area (Å²) in [6.45, 7) is 5.28. The predicted molar refractivity (Wildman–Crippen MR) is 85.3 cm³/mol. The fourth-order valence-corrected chi connectivity index (χ4v) is 2.44. The zero-order chi connectivity index (χ0) is 14.4. The number of nitrogens with one attached hydrogen (secondary N) is 1. The largest absolute Gasteiger partial charge is 0.314 e. The lowest BCUT2D eigenvalue weighted by Crippen LogP contribution is -2.29. The van der Waals surface area contributed by atoms with E-state index in [-0.39, 0.29) is 0 Å². The number of aromatic nitrogens is 1. The Morgan fingerprint density at radius 2 is 1.90 bits per heavy atom. The highest BCUT2D eigenvalue weighted by molar-refractivity contribution is 6.31. The van der Waals surface area contributed by atoms with E-state index in [0.29, 0.717) is 12.0 Å². The van der Waals surface area contributed by atoms with Crippen LogP contribution < -0.4 is 5.32 Å². The number of nitrogens with zero attached hydrogens (tertiary/aromatic N) is 1. The Morgan fingerprint density at radius 3 is 2.55 bits per heavy atom. The van der Waals surface area contributed by atoms with Crippen LogP contribution >= 0.6 is 11.6 Å². The molecule has 0 aliphatic heterocycles. The molecule has 3 heteroatoms. The number of hydrogen-bond donors (Lipinski definition) is 1. The van der Waals surface area contributed by atoms with Gasteiger partial charge in [0.05, 0.1) is 5.02 Å².